The van der Waals surface area contributed by atoms with Crippen LogP contribution < -0.4 is 9.67 Å². The van der Waals surface area contributed by atoms with E-state index in [4.69, 9.17) is 11.6 Å². The van der Waals surface area contributed by atoms with Gasteiger partial charge in [0.05, 0.1) is 11.4 Å². The molecule has 0 saturated carbocycles. The van der Waals surface area contributed by atoms with E-state index in [-0.39, 0.29) is 23.4 Å². The van der Waals surface area contributed by atoms with Crippen LogP contribution in [0.1, 0.15) is 24.6 Å². The number of pyridine rings is 1. The lowest BCUT2D eigenvalue weighted by Gasteiger charge is -2.14. The summed E-state index contributed by atoms with van der Waals surface area (Å²) in [5.41, 5.74) is 1.26. The maximum Gasteiger partial charge on any atom is 0.326 e. The predicted octanol–water partition coefficient (Wildman–Crippen LogP) is 2.34. The van der Waals surface area contributed by atoms with Crippen LogP contribution in [0.3, 0.4) is 0 Å². The van der Waals surface area contributed by atoms with Gasteiger partial charge in [-0.3, -0.25) is 14.5 Å². The zero-order valence-corrected chi connectivity index (χ0v) is 17.3. The van der Waals surface area contributed by atoms with E-state index >= 15 is 0 Å². The van der Waals surface area contributed by atoms with Crippen molar-refractivity contribution in [1.29, 1.82) is 0 Å². The van der Waals surface area contributed by atoms with Crippen molar-refractivity contribution in [2.45, 2.75) is 20.3 Å². The standard InChI is InChI=1S/C22H19ClN4O3/c1-3-11-26-20(28)18(19(22(26)30)25-12-5-4-6-13-25)17-14(2)24-27(21(17)29)16-9-7-15(23)8-10-16/h4-10,12-13H,3,11H2,1-2H3. The van der Waals surface area contributed by atoms with Crippen LogP contribution in [-0.4, -0.2) is 33.0 Å². The number of amides is 2. The highest BCUT2D eigenvalue weighted by molar-refractivity contribution is 6.44. The first-order valence-corrected chi connectivity index (χ1v) is 9.92. The molecule has 0 fully saturated rings. The Morgan fingerprint density at radius 2 is 1.73 bits per heavy atom. The molecule has 0 N–H and O–H groups in total. The average molecular weight is 423 g/mol. The Kier molecular flexibility index (Phi) is 5.13. The SMILES string of the molecule is CCCN1C(=O)C(c2c(C)nn(-c3ccc(Cl)cc3)c2[O-])=C([n+]2ccccc2)C1=O. The third-order valence-electron chi connectivity index (χ3n) is 4.90. The van der Waals surface area contributed by atoms with Crippen molar-refractivity contribution < 1.29 is 19.3 Å². The van der Waals surface area contributed by atoms with Gasteiger partial charge in [0.25, 0.3) is 11.6 Å². The van der Waals surface area contributed by atoms with E-state index in [0.717, 1.165) is 0 Å². The summed E-state index contributed by atoms with van der Waals surface area (Å²) in [7, 11) is 0. The quantitative estimate of drug-likeness (QED) is 0.467. The van der Waals surface area contributed by atoms with Crippen LogP contribution in [-0.2, 0) is 9.59 Å². The van der Waals surface area contributed by atoms with Gasteiger partial charge in [-0.2, -0.15) is 9.67 Å². The van der Waals surface area contributed by atoms with Gasteiger partial charge in [-0.1, -0.05) is 24.6 Å². The molecule has 0 spiro atoms. The smallest absolute Gasteiger partial charge is 0.326 e. The van der Waals surface area contributed by atoms with Gasteiger partial charge in [0.15, 0.2) is 12.4 Å². The molecule has 1 aliphatic rings. The van der Waals surface area contributed by atoms with Crippen molar-refractivity contribution in [2.24, 2.45) is 0 Å². The van der Waals surface area contributed by atoms with Crippen LogP contribution in [0.2, 0.25) is 5.02 Å². The van der Waals surface area contributed by atoms with Crippen LogP contribution in [0.4, 0.5) is 0 Å². The van der Waals surface area contributed by atoms with Gasteiger partial charge >= 0.3 is 5.91 Å². The number of aryl methyl sites for hydroxylation is 1. The van der Waals surface area contributed by atoms with Crippen molar-refractivity contribution in [3.63, 3.8) is 0 Å². The molecule has 0 saturated heterocycles. The molecule has 0 aliphatic carbocycles. The largest absolute Gasteiger partial charge is 0.858 e. The second kappa shape index (κ2) is 7.76. The highest BCUT2D eigenvalue weighted by atomic mass is 35.5. The highest BCUT2D eigenvalue weighted by Gasteiger charge is 2.46. The van der Waals surface area contributed by atoms with Crippen molar-refractivity contribution in [1.82, 2.24) is 14.7 Å². The molecule has 4 rings (SSSR count). The zero-order chi connectivity index (χ0) is 21.4. The molecule has 7 nitrogen and oxygen atoms in total. The molecule has 3 aromatic rings. The number of carbonyl (C=O) groups excluding carboxylic acids is 2. The molecule has 152 valence electrons. The highest BCUT2D eigenvalue weighted by Crippen LogP contribution is 2.36. The van der Waals surface area contributed by atoms with E-state index < -0.39 is 17.7 Å². The Balaban J connectivity index is 1.94. The molecule has 8 heteroatoms. The third-order valence-corrected chi connectivity index (χ3v) is 5.16. The molecule has 3 heterocycles. The first-order valence-electron chi connectivity index (χ1n) is 9.54. The van der Waals surface area contributed by atoms with Crippen LogP contribution in [0, 0.1) is 6.92 Å². The van der Waals surface area contributed by atoms with Gasteiger partial charge in [0.1, 0.15) is 5.57 Å². The maximum atomic E-state index is 13.3. The summed E-state index contributed by atoms with van der Waals surface area (Å²) in [6.07, 6.45) is 3.98. The van der Waals surface area contributed by atoms with Gasteiger partial charge in [0.2, 0.25) is 0 Å². The molecule has 30 heavy (non-hydrogen) atoms. The van der Waals surface area contributed by atoms with Gasteiger partial charge in [-0.15, -0.1) is 0 Å². The molecule has 0 unspecified atom stereocenters. The minimum absolute atomic E-state index is 0.0763. The maximum absolute atomic E-state index is 13.3. The van der Waals surface area contributed by atoms with Crippen LogP contribution in [0.25, 0.3) is 17.0 Å². The summed E-state index contributed by atoms with van der Waals surface area (Å²) in [6.45, 7) is 3.82. The number of imide groups is 1. The Bertz CT molecular complexity index is 1170. The predicted molar refractivity (Wildman–Crippen MR) is 110 cm³/mol. The average Bonchev–Trinajstić information content (AvgIpc) is 3.16. The number of aromatic nitrogens is 3. The van der Waals surface area contributed by atoms with Crippen molar-refractivity contribution >= 4 is 34.7 Å². The molecule has 0 bridgehead atoms. The minimum Gasteiger partial charge on any atom is -0.858 e. The van der Waals surface area contributed by atoms with Crippen molar-refractivity contribution in [3.05, 3.63) is 71.1 Å². The third kappa shape index (κ3) is 3.17. The Labute approximate surface area is 178 Å². The molecule has 0 radical (unpaired) electrons. The van der Waals surface area contributed by atoms with Crippen LogP contribution >= 0.6 is 11.6 Å². The van der Waals surface area contributed by atoms with Gasteiger partial charge in [-0.05, 0) is 43.5 Å². The molecular formula is C22H19ClN4O3. The first kappa shape index (κ1) is 19.8. The lowest BCUT2D eigenvalue weighted by atomic mass is 10.0. The van der Waals surface area contributed by atoms with E-state index in [9.17, 15) is 14.7 Å². The molecule has 1 aliphatic heterocycles. The summed E-state index contributed by atoms with van der Waals surface area (Å²) in [4.78, 5) is 27.5. The van der Waals surface area contributed by atoms with Gasteiger partial charge in [0, 0.05) is 29.3 Å². The van der Waals surface area contributed by atoms with E-state index in [1.165, 1.54) is 9.58 Å². The fraction of sp³-hybridized carbons (Fsp3) is 0.182. The first-order chi connectivity index (χ1) is 14.4. The van der Waals surface area contributed by atoms with E-state index in [1.54, 1.807) is 60.3 Å². The van der Waals surface area contributed by atoms with Crippen molar-refractivity contribution in [3.8, 4) is 11.6 Å². The minimum atomic E-state index is -0.482. The fourth-order valence-electron chi connectivity index (χ4n) is 3.55. The van der Waals surface area contributed by atoms with E-state index in [1.807, 2.05) is 13.0 Å². The van der Waals surface area contributed by atoms with Gasteiger partial charge in [-0.25, -0.2) is 4.68 Å². The number of hydrogen-bond acceptors (Lipinski definition) is 4. The number of carbonyl (C=O) groups is 2. The monoisotopic (exact) mass is 422 g/mol. The number of rotatable bonds is 5. The molecule has 0 atom stereocenters. The molecular weight excluding hydrogens is 404 g/mol. The second-order valence-corrected chi connectivity index (χ2v) is 7.36. The number of benzene rings is 1. The summed E-state index contributed by atoms with van der Waals surface area (Å²) in [6, 6.07) is 12.0. The van der Waals surface area contributed by atoms with Crippen molar-refractivity contribution in [2.75, 3.05) is 6.54 Å². The lowest BCUT2D eigenvalue weighted by Crippen LogP contribution is -2.39. The Morgan fingerprint density at radius 3 is 2.37 bits per heavy atom. The molecule has 1 aromatic carbocycles. The fourth-order valence-corrected chi connectivity index (χ4v) is 3.68. The van der Waals surface area contributed by atoms with E-state index in [0.29, 0.717) is 22.8 Å². The topological polar surface area (TPSA) is 82.1 Å². The number of nitrogens with zero attached hydrogens (tertiary/aromatic N) is 4. The summed E-state index contributed by atoms with van der Waals surface area (Å²) >= 11 is 5.94. The van der Waals surface area contributed by atoms with Crippen LogP contribution in [0.15, 0.2) is 54.9 Å². The number of halogens is 1. The Hall–Kier alpha value is -3.45. The molecule has 2 aromatic heterocycles. The van der Waals surface area contributed by atoms with Gasteiger partial charge < -0.3 is 5.11 Å². The lowest BCUT2D eigenvalue weighted by molar-refractivity contribution is -0.576. The van der Waals surface area contributed by atoms with E-state index in [2.05, 4.69) is 5.10 Å². The summed E-state index contributed by atoms with van der Waals surface area (Å²) in [5.74, 6) is -1.37. The zero-order valence-electron chi connectivity index (χ0n) is 16.5. The summed E-state index contributed by atoms with van der Waals surface area (Å²) < 4.78 is 2.80. The second-order valence-electron chi connectivity index (χ2n) is 6.92. The Morgan fingerprint density at radius 1 is 1.07 bits per heavy atom. The summed E-state index contributed by atoms with van der Waals surface area (Å²) in [5, 5.41) is 18.2. The van der Waals surface area contributed by atoms with Crippen LogP contribution in [0.5, 0.6) is 5.88 Å². The normalized spacial score (nSPS) is 14.2. The molecule has 2 amide bonds. The number of hydrogen-bond donors (Lipinski definition) is 0.